The Balaban J connectivity index is 1.98. The van der Waals surface area contributed by atoms with Gasteiger partial charge in [0.15, 0.2) is 0 Å². The third kappa shape index (κ3) is 2.42. The van der Waals surface area contributed by atoms with E-state index >= 15 is 0 Å². The van der Waals surface area contributed by atoms with Crippen LogP contribution in [0.25, 0.3) is 5.57 Å². The molecule has 0 aromatic carbocycles. The molecular weight excluding hydrogens is 244 g/mol. The predicted octanol–water partition coefficient (Wildman–Crippen LogP) is 3.50. The van der Waals surface area contributed by atoms with Gasteiger partial charge in [0.25, 0.3) is 0 Å². The molecule has 0 spiro atoms. The van der Waals surface area contributed by atoms with Gasteiger partial charge in [0.2, 0.25) is 0 Å². The molecular formula is C18H20N2. The minimum absolute atomic E-state index is 0.287. The van der Waals surface area contributed by atoms with E-state index in [9.17, 15) is 0 Å². The number of hydrogen-bond acceptors (Lipinski definition) is 2. The molecule has 0 bridgehead atoms. The second kappa shape index (κ2) is 5.64. The van der Waals surface area contributed by atoms with E-state index in [-0.39, 0.29) is 5.41 Å². The zero-order chi connectivity index (χ0) is 13.8. The highest BCUT2D eigenvalue weighted by Crippen LogP contribution is 2.41. The SMILES string of the molecule is CCC1(C2=C=C=C(c3cccnc3)C=C2)CCNCC1. The molecule has 1 aromatic rings. The number of pyridine rings is 1. The van der Waals surface area contributed by atoms with Crippen LogP contribution >= 0.6 is 0 Å². The molecule has 1 fully saturated rings. The maximum atomic E-state index is 4.16. The third-order valence-electron chi connectivity index (χ3n) is 4.53. The van der Waals surface area contributed by atoms with E-state index in [2.05, 4.69) is 46.9 Å². The van der Waals surface area contributed by atoms with E-state index in [0.29, 0.717) is 0 Å². The molecule has 20 heavy (non-hydrogen) atoms. The van der Waals surface area contributed by atoms with Gasteiger partial charge in [-0.2, -0.15) is 0 Å². The summed E-state index contributed by atoms with van der Waals surface area (Å²) in [5, 5.41) is 3.45. The molecule has 2 aliphatic rings. The van der Waals surface area contributed by atoms with Gasteiger partial charge in [0.05, 0.1) is 0 Å². The highest BCUT2D eigenvalue weighted by atomic mass is 14.9. The van der Waals surface area contributed by atoms with Crippen LogP contribution in [0, 0.1) is 5.41 Å². The number of nitrogens with one attached hydrogen (secondary N) is 1. The summed E-state index contributed by atoms with van der Waals surface area (Å²) in [5.41, 5.74) is 10.5. The summed E-state index contributed by atoms with van der Waals surface area (Å²) in [5.74, 6) is 0. The van der Waals surface area contributed by atoms with Crippen LogP contribution in [0.1, 0.15) is 31.7 Å². The van der Waals surface area contributed by atoms with Gasteiger partial charge in [-0.15, -0.1) is 0 Å². The molecule has 1 N–H and O–H groups in total. The van der Waals surface area contributed by atoms with Crippen molar-refractivity contribution >= 4 is 5.57 Å². The molecule has 102 valence electrons. The Morgan fingerprint density at radius 3 is 2.70 bits per heavy atom. The van der Waals surface area contributed by atoms with Crippen molar-refractivity contribution in [2.24, 2.45) is 5.41 Å². The first-order chi connectivity index (χ1) is 9.84. The molecule has 2 nitrogen and oxygen atoms in total. The second-order valence-electron chi connectivity index (χ2n) is 5.54. The van der Waals surface area contributed by atoms with E-state index in [1.807, 2.05) is 12.3 Å². The molecule has 2 heteroatoms. The zero-order valence-corrected chi connectivity index (χ0v) is 11.9. The van der Waals surface area contributed by atoms with Crippen LogP contribution in [0.2, 0.25) is 0 Å². The predicted molar refractivity (Wildman–Crippen MR) is 82.2 cm³/mol. The van der Waals surface area contributed by atoms with Gasteiger partial charge in [0, 0.05) is 34.5 Å². The number of piperidine rings is 1. The first-order valence-electron chi connectivity index (χ1n) is 7.40. The Morgan fingerprint density at radius 2 is 2.10 bits per heavy atom. The van der Waals surface area contributed by atoms with Crippen molar-refractivity contribution in [2.75, 3.05) is 13.1 Å². The summed E-state index contributed by atoms with van der Waals surface area (Å²) in [6.07, 6.45) is 11.6. The number of aromatic nitrogens is 1. The van der Waals surface area contributed by atoms with Crippen LogP contribution in [0.4, 0.5) is 0 Å². The van der Waals surface area contributed by atoms with Crippen molar-refractivity contribution in [3.63, 3.8) is 0 Å². The van der Waals surface area contributed by atoms with Crippen LogP contribution in [-0.2, 0) is 0 Å². The van der Waals surface area contributed by atoms with Crippen molar-refractivity contribution in [3.05, 3.63) is 59.3 Å². The Bertz CT molecular complexity index is 606. The van der Waals surface area contributed by atoms with Gasteiger partial charge < -0.3 is 5.32 Å². The molecule has 0 saturated carbocycles. The highest BCUT2D eigenvalue weighted by Gasteiger charge is 2.33. The fourth-order valence-corrected chi connectivity index (χ4v) is 3.10. The zero-order valence-electron chi connectivity index (χ0n) is 11.9. The van der Waals surface area contributed by atoms with E-state index in [4.69, 9.17) is 0 Å². The summed E-state index contributed by atoms with van der Waals surface area (Å²) in [4.78, 5) is 4.16. The Labute approximate surface area is 120 Å². The molecule has 1 aliphatic heterocycles. The van der Waals surface area contributed by atoms with Crippen LogP contribution in [0.5, 0.6) is 0 Å². The lowest BCUT2D eigenvalue weighted by Gasteiger charge is -2.37. The standard InChI is InChI=1S/C18H20N2/c1-2-18(9-12-19-13-10-18)17-7-5-15(6-8-17)16-4-3-11-20-14-16/h3-5,7,11,14,19H,2,9-10,12-13H2,1H3. The number of nitrogens with zero attached hydrogens (tertiary/aromatic N) is 1. The maximum absolute atomic E-state index is 4.16. The summed E-state index contributed by atoms with van der Waals surface area (Å²) in [7, 11) is 0. The number of rotatable bonds is 3. The van der Waals surface area contributed by atoms with E-state index < -0.39 is 0 Å². The third-order valence-corrected chi connectivity index (χ3v) is 4.53. The van der Waals surface area contributed by atoms with Gasteiger partial charge >= 0.3 is 0 Å². The number of allylic oxidation sites excluding steroid dienone is 4. The van der Waals surface area contributed by atoms with Gasteiger partial charge in [0.1, 0.15) is 0 Å². The van der Waals surface area contributed by atoms with E-state index in [1.54, 1.807) is 6.20 Å². The first-order valence-corrected chi connectivity index (χ1v) is 7.40. The van der Waals surface area contributed by atoms with E-state index in [0.717, 1.165) is 24.2 Å². The molecule has 1 saturated heterocycles. The van der Waals surface area contributed by atoms with Crippen molar-refractivity contribution in [1.29, 1.82) is 0 Å². The monoisotopic (exact) mass is 264 g/mol. The molecule has 1 aromatic heterocycles. The molecule has 0 amide bonds. The van der Waals surface area contributed by atoms with Gasteiger partial charge in [-0.3, -0.25) is 4.98 Å². The molecule has 0 atom stereocenters. The largest absolute Gasteiger partial charge is 0.317 e. The summed E-state index contributed by atoms with van der Waals surface area (Å²) >= 11 is 0. The van der Waals surface area contributed by atoms with Gasteiger partial charge in [-0.05, 0) is 50.6 Å². The minimum Gasteiger partial charge on any atom is -0.317 e. The summed E-state index contributed by atoms with van der Waals surface area (Å²) < 4.78 is 0. The Morgan fingerprint density at radius 1 is 1.25 bits per heavy atom. The van der Waals surface area contributed by atoms with Crippen LogP contribution in [-0.4, -0.2) is 18.1 Å². The quantitative estimate of drug-likeness (QED) is 0.845. The number of hydrogen-bond donors (Lipinski definition) is 1. The molecule has 0 unspecified atom stereocenters. The van der Waals surface area contributed by atoms with Gasteiger partial charge in [-0.1, -0.05) is 24.5 Å². The smallest absolute Gasteiger partial charge is 0.0352 e. The molecule has 1 aliphatic carbocycles. The Hall–Kier alpha value is -1.85. The van der Waals surface area contributed by atoms with Crippen LogP contribution < -0.4 is 5.32 Å². The minimum atomic E-state index is 0.287. The van der Waals surface area contributed by atoms with Crippen molar-refractivity contribution in [1.82, 2.24) is 10.3 Å². The summed E-state index contributed by atoms with van der Waals surface area (Å²) in [6.45, 7) is 4.49. The van der Waals surface area contributed by atoms with E-state index in [1.165, 1.54) is 24.8 Å². The highest BCUT2D eigenvalue weighted by molar-refractivity contribution is 5.74. The fraction of sp³-hybridized carbons (Fsp3) is 0.389. The van der Waals surface area contributed by atoms with Crippen LogP contribution in [0.15, 0.2) is 53.7 Å². The second-order valence-corrected chi connectivity index (χ2v) is 5.54. The molecule has 3 rings (SSSR count). The average Bonchev–Trinajstić information content (AvgIpc) is 2.56. The Kier molecular flexibility index (Phi) is 3.71. The van der Waals surface area contributed by atoms with Crippen molar-refractivity contribution in [2.45, 2.75) is 26.2 Å². The van der Waals surface area contributed by atoms with Crippen molar-refractivity contribution < 1.29 is 0 Å². The maximum Gasteiger partial charge on any atom is 0.0352 e. The molecule has 0 radical (unpaired) electrons. The normalized spacial score (nSPS) is 20.4. The average molecular weight is 264 g/mol. The summed E-state index contributed by atoms with van der Waals surface area (Å²) in [6, 6.07) is 4.02. The lowest BCUT2D eigenvalue weighted by Crippen LogP contribution is -2.37. The van der Waals surface area contributed by atoms with Crippen molar-refractivity contribution in [3.8, 4) is 0 Å². The lowest BCUT2D eigenvalue weighted by molar-refractivity contribution is 0.250. The first kappa shape index (κ1) is 13.1. The molecule has 2 heterocycles. The fourth-order valence-electron chi connectivity index (χ4n) is 3.10. The lowest BCUT2D eigenvalue weighted by atomic mass is 9.70. The van der Waals surface area contributed by atoms with Crippen LogP contribution in [0.3, 0.4) is 0 Å². The topological polar surface area (TPSA) is 24.9 Å². The van der Waals surface area contributed by atoms with Gasteiger partial charge in [-0.25, -0.2) is 0 Å².